The third-order valence-corrected chi connectivity index (χ3v) is 3.29. The van der Waals surface area contributed by atoms with Crippen molar-refractivity contribution >= 4 is 11.8 Å². The lowest BCUT2D eigenvalue weighted by Gasteiger charge is -2.15. The molecule has 1 aliphatic heterocycles. The van der Waals surface area contributed by atoms with Crippen LogP contribution in [0, 0.1) is 11.8 Å². The van der Waals surface area contributed by atoms with Crippen LogP contribution in [0.15, 0.2) is 0 Å². The van der Waals surface area contributed by atoms with Gasteiger partial charge in [-0.15, -0.1) is 0 Å². The van der Waals surface area contributed by atoms with Crippen LogP contribution in [0.4, 0.5) is 0 Å². The lowest BCUT2D eigenvalue weighted by molar-refractivity contribution is -0.134. The molecule has 92 valence electrons. The summed E-state index contributed by atoms with van der Waals surface area (Å²) in [6, 6.07) is 0. The molecule has 0 unspecified atom stereocenters. The molecule has 0 aliphatic carbocycles. The molecule has 0 saturated carbocycles. The normalized spacial score (nSPS) is 24.9. The van der Waals surface area contributed by atoms with Gasteiger partial charge in [-0.25, -0.2) is 0 Å². The quantitative estimate of drug-likeness (QED) is 0.761. The van der Waals surface area contributed by atoms with E-state index in [2.05, 4.69) is 19.2 Å². The van der Waals surface area contributed by atoms with Crippen LogP contribution in [0.3, 0.4) is 0 Å². The molecule has 1 fully saturated rings. The number of carbonyl (C=O) groups excluding carboxylic acids is 2. The van der Waals surface area contributed by atoms with Gasteiger partial charge in [0.2, 0.25) is 11.8 Å². The van der Waals surface area contributed by atoms with Crippen molar-refractivity contribution in [3.05, 3.63) is 0 Å². The first-order chi connectivity index (χ1) is 7.60. The minimum atomic E-state index is -0.114. The zero-order chi connectivity index (χ0) is 12.1. The van der Waals surface area contributed by atoms with Gasteiger partial charge in [-0.1, -0.05) is 20.3 Å². The van der Waals surface area contributed by atoms with Crippen molar-refractivity contribution in [1.82, 2.24) is 10.2 Å². The van der Waals surface area contributed by atoms with E-state index in [9.17, 15) is 9.59 Å². The van der Waals surface area contributed by atoms with Crippen LogP contribution in [0.2, 0.25) is 0 Å². The molecule has 0 spiro atoms. The highest BCUT2D eigenvalue weighted by molar-refractivity contribution is 5.87. The maximum absolute atomic E-state index is 12.0. The van der Waals surface area contributed by atoms with E-state index in [1.54, 1.807) is 7.05 Å². The van der Waals surface area contributed by atoms with Crippen LogP contribution in [-0.4, -0.2) is 36.9 Å². The summed E-state index contributed by atoms with van der Waals surface area (Å²) in [4.78, 5) is 25.2. The molecule has 1 aliphatic rings. The van der Waals surface area contributed by atoms with E-state index in [0.717, 1.165) is 25.9 Å². The van der Waals surface area contributed by atoms with Crippen molar-refractivity contribution in [3.63, 3.8) is 0 Å². The zero-order valence-corrected chi connectivity index (χ0v) is 10.5. The second-order valence-corrected chi connectivity index (χ2v) is 4.60. The summed E-state index contributed by atoms with van der Waals surface area (Å²) in [5.74, 6) is 0.297. The van der Waals surface area contributed by atoms with Crippen LogP contribution in [0.5, 0.6) is 0 Å². The average Bonchev–Trinajstić information content (AvgIpc) is 2.53. The van der Waals surface area contributed by atoms with E-state index in [-0.39, 0.29) is 17.7 Å². The van der Waals surface area contributed by atoms with Crippen molar-refractivity contribution in [2.24, 2.45) is 11.8 Å². The maximum Gasteiger partial charge on any atom is 0.226 e. The summed E-state index contributed by atoms with van der Waals surface area (Å²) in [6.07, 6.45) is 2.47. The first-order valence-corrected chi connectivity index (χ1v) is 6.09. The Balaban J connectivity index is 2.53. The topological polar surface area (TPSA) is 49.4 Å². The summed E-state index contributed by atoms with van der Waals surface area (Å²) < 4.78 is 0. The van der Waals surface area contributed by atoms with E-state index >= 15 is 0 Å². The molecule has 0 radical (unpaired) electrons. The van der Waals surface area contributed by atoms with E-state index in [1.165, 1.54) is 0 Å². The Hall–Kier alpha value is -1.06. The van der Waals surface area contributed by atoms with Gasteiger partial charge in [-0.3, -0.25) is 9.59 Å². The van der Waals surface area contributed by atoms with Crippen molar-refractivity contribution in [2.75, 3.05) is 20.1 Å². The summed E-state index contributed by atoms with van der Waals surface area (Å²) >= 11 is 0. The monoisotopic (exact) mass is 226 g/mol. The van der Waals surface area contributed by atoms with Gasteiger partial charge in [-0.2, -0.15) is 0 Å². The lowest BCUT2D eigenvalue weighted by atomic mass is 9.94. The highest BCUT2D eigenvalue weighted by atomic mass is 16.2. The van der Waals surface area contributed by atoms with E-state index in [1.807, 2.05) is 4.90 Å². The van der Waals surface area contributed by atoms with Crippen LogP contribution < -0.4 is 5.32 Å². The van der Waals surface area contributed by atoms with Gasteiger partial charge < -0.3 is 10.2 Å². The van der Waals surface area contributed by atoms with Gasteiger partial charge in [0.05, 0.1) is 5.92 Å². The zero-order valence-electron chi connectivity index (χ0n) is 10.5. The molecule has 0 aromatic heterocycles. The standard InChI is InChI=1S/C12H22N2O2/c1-4-5-6-14-8-9(2)10(12(14)16)7-11(15)13-3/h9-10H,4-8H2,1-3H3,(H,13,15)/t9-,10+/m0/s1. The third-order valence-electron chi connectivity index (χ3n) is 3.29. The highest BCUT2D eigenvalue weighted by Crippen LogP contribution is 2.27. The van der Waals surface area contributed by atoms with Crippen molar-refractivity contribution in [1.29, 1.82) is 0 Å². The molecule has 0 bridgehead atoms. The number of carbonyl (C=O) groups is 2. The number of nitrogens with zero attached hydrogens (tertiary/aromatic N) is 1. The number of hydrogen-bond acceptors (Lipinski definition) is 2. The number of hydrogen-bond donors (Lipinski definition) is 1. The fraction of sp³-hybridized carbons (Fsp3) is 0.833. The van der Waals surface area contributed by atoms with Crippen molar-refractivity contribution < 1.29 is 9.59 Å². The molecular weight excluding hydrogens is 204 g/mol. The molecule has 4 heteroatoms. The number of amides is 2. The fourth-order valence-electron chi connectivity index (χ4n) is 2.18. The number of rotatable bonds is 5. The van der Waals surface area contributed by atoms with Gasteiger partial charge in [0.25, 0.3) is 0 Å². The predicted molar refractivity (Wildman–Crippen MR) is 62.8 cm³/mol. The van der Waals surface area contributed by atoms with Crippen molar-refractivity contribution in [2.45, 2.75) is 33.1 Å². The first kappa shape index (κ1) is 13.0. The van der Waals surface area contributed by atoms with E-state index in [4.69, 9.17) is 0 Å². The number of nitrogens with one attached hydrogen (secondary N) is 1. The molecular formula is C12H22N2O2. The fourth-order valence-corrected chi connectivity index (χ4v) is 2.18. The maximum atomic E-state index is 12.0. The molecule has 16 heavy (non-hydrogen) atoms. The molecule has 0 aromatic carbocycles. The Bertz CT molecular complexity index is 266. The second kappa shape index (κ2) is 5.87. The average molecular weight is 226 g/mol. The van der Waals surface area contributed by atoms with Gasteiger partial charge in [0, 0.05) is 26.6 Å². The summed E-state index contributed by atoms with van der Waals surface area (Å²) in [5.41, 5.74) is 0. The smallest absolute Gasteiger partial charge is 0.226 e. The van der Waals surface area contributed by atoms with Crippen LogP contribution in [0.25, 0.3) is 0 Å². The Kier molecular flexibility index (Phi) is 4.77. The van der Waals surface area contributed by atoms with Crippen molar-refractivity contribution in [3.8, 4) is 0 Å². The number of likely N-dealkylation sites (tertiary alicyclic amines) is 1. The van der Waals surface area contributed by atoms with Gasteiger partial charge in [-0.05, 0) is 12.3 Å². The third kappa shape index (κ3) is 2.97. The van der Waals surface area contributed by atoms with Crippen LogP contribution >= 0.6 is 0 Å². The van der Waals surface area contributed by atoms with E-state index in [0.29, 0.717) is 12.3 Å². The molecule has 1 rings (SSSR count). The molecule has 2 atom stereocenters. The molecule has 1 saturated heterocycles. The molecule has 4 nitrogen and oxygen atoms in total. The minimum absolute atomic E-state index is 0.0393. The summed E-state index contributed by atoms with van der Waals surface area (Å²) in [6.45, 7) is 5.81. The predicted octanol–water partition coefficient (Wildman–Crippen LogP) is 1.02. The Morgan fingerprint density at radius 2 is 2.25 bits per heavy atom. The summed E-state index contributed by atoms with van der Waals surface area (Å²) in [7, 11) is 1.61. The lowest BCUT2D eigenvalue weighted by Crippen LogP contribution is -2.30. The van der Waals surface area contributed by atoms with Crippen LogP contribution in [0.1, 0.15) is 33.1 Å². The molecule has 0 aromatic rings. The molecule has 1 N–H and O–H groups in total. The van der Waals surface area contributed by atoms with Gasteiger partial charge in [0.15, 0.2) is 0 Å². The second-order valence-electron chi connectivity index (χ2n) is 4.60. The van der Waals surface area contributed by atoms with Gasteiger partial charge in [0.1, 0.15) is 0 Å². The highest BCUT2D eigenvalue weighted by Gasteiger charge is 2.38. The SMILES string of the molecule is CCCCN1C[C@H](C)[C@@H](CC(=O)NC)C1=O. The first-order valence-electron chi connectivity index (χ1n) is 6.09. The molecule has 1 heterocycles. The minimum Gasteiger partial charge on any atom is -0.359 e. The number of unbranched alkanes of at least 4 members (excludes halogenated alkanes) is 1. The molecule has 2 amide bonds. The Morgan fingerprint density at radius 3 is 2.81 bits per heavy atom. The largest absolute Gasteiger partial charge is 0.359 e. The van der Waals surface area contributed by atoms with Gasteiger partial charge >= 0.3 is 0 Å². The Labute approximate surface area is 97.4 Å². The Morgan fingerprint density at radius 1 is 1.56 bits per heavy atom. The summed E-state index contributed by atoms with van der Waals surface area (Å²) in [5, 5.41) is 2.58. The van der Waals surface area contributed by atoms with Crippen LogP contribution in [-0.2, 0) is 9.59 Å². The van der Waals surface area contributed by atoms with E-state index < -0.39 is 0 Å².